The highest BCUT2D eigenvalue weighted by Crippen LogP contribution is 2.39. The van der Waals surface area contributed by atoms with Crippen LogP contribution in [0.1, 0.15) is 39.8 Å². The number of hydrogen-bond acceptors (Lipinski definition) is 5. The van der Waals surface area contributed by atoms with Gasteiger partial charge in [0.15, 0.2) is 10.8 Å². The third kappa shape index (κ3) is 1.92. The summed E-state index contributed by atoms with van der Waals surface area (Å²) in [5, 5.41) is 0.757. The Balaban J connectivity index is 1.93. The number of rotatable bonds is 3. The average Bonchev–Trinajstić information content (AvgIpc) is 2.97. The largest absolute Gasteiger partial charge is 0.464 e. The lowest BCUT2D eigenvalue weighted by atomic mass is 10.3. The van der Waals surface area contributed by atoms with Crippen LogP contribution in [0.15, 0.2) is 12.5 Å². The molecule has 5 nitrogen and oxygen atoms in total. The second-order valence-corrected chi connectivity index (χ2v) is 5.55. The molecule has 0 amide bonds. The number of esters is 1. The van der Waals surface area contributed by atoms with Crippen molar-refractivity contribution in [3.63, 3.8) is 0 Å². The summed E-state index contributed by atoms with van der Waals surface area (Å²) < 4.78 is 6.57. The minimum atomic E-state index is -0.391. The summed E-state index contributed by atoms with van der Waals surface area (Å²) in [6, 6.07) is 0. The Kier molecular flexibility index (Phi) is 2.66. The number of thiazole rings is 1. The van der Waals surface area contributed by atoms with Crippen LogP contribution in [0.25, 0.3) is 5.13 Å². The van der Waals surface area contributed by atoms with Gasteiger partial charge in [0.25, 0.3) is 0 Å². The maximum Gasteiger partial charge on any atom is 0.357 e. The predicted molar refractivity (Wildman–Crippen MR) is 67.3 cm³/mol. The van der Waals surface area contributed by atoms with Crippen LogP contribution >= 0.6 is 11.3 Å². The van der Waals surface area contributed by atoms with Gasteiger partial charge in [0.05, 0.1) is 12.8 Å². The van der Waals surface area contributed by atoms with Gasteiger partial charge in [-0.1, -0.05) is 0 Å². The van der Waals surface area contributed by atoms with Gasteiger partial charge in [0.1, 0.15) is 6.33 Å². The molecule has 1 aliphatic carbocycles. The van der Waals surface area contributed by atoms with Crippen molar-refractivity contribution in [2.75, 3.05) is 7.11 Å². The van der Waals surface area contributed by atoms with Crippen LogP contribution in [-0.4, -0.2) is 27.6 Å². The summed E-state index contributed by atoms with van der Waals surface area (Å²) in [5.74, 6) is 0.227. The summed E-state index contributed by atoms with van der Waals surface area (Å²) >= 11 is 1.47. The van der Waals surface area contributed by atoms with E-state index in [0.717, 1.165) is 15.7 Å². The van der Waals surface area contributed by atoms with Gasteiger partial charge < -0.3 is 4.74 Å². The first kappa shape index (κ1) is 11.4. The van der Waals surface area contributed by atoms with Gasteiger partial charge in [-0.3, -0.25) is 4.57 Å². The quantitative estimate of drug-likeness (QED) is 0.797. The van der Waals surface area contributed by atoms with Crippen molar-refractivity contribution in [2.24, 2.45) is 0 Å². The van der Waals surface area contributed by atoms with Crippen LogP contribution in [-0.2, 0) is 4.74 Å². The van der Waals surface area contributed by atoms with E-state index in [1.54, 1.807) is 6.33 Å². The second kappa shape index (κ2) is 4.20. The molecule has 3 rings (SSSR count). The van der Waals surface area contributed by atoms with Crippen LogP contribution in [0.4, 0.5) is 0 Å². The predicted octanol–water partition coefficient (Wildman–Crippen LogP) is 2.30. The Hall–Kier alpha value is -1.69. The summed E-state index contributed by atoms with van der Waals surface area (Å²) in [6.45, 7) is 1.87. The molecular formula is C12H13N3O2S. The summed E-state index contributed by atoms with van der Waals surface area (Å²) in [7, 11) is 1.36. The van der Waals surface area contributed by atoms with Gasteiger partial charge in [-0.15, -0.1) is 11.3 Å². The van der Waals surface area contributed by atoms with Crippen LogP contribution in [0.3, 0.4) is 0 Å². The smallest absolute Gasteiger partial charge is 0.357 e. The van der Waals surface area contributed by atoms with Crippen molar-refractivity contribution in [2.45, 2.75) is 25.7 Å². The van der Waals surface area contributed by atoms with Gasteiger partial charge in [0, 0.05) is 17.0 Å². The minimum Gasteiger partial charge on any atom is -0.464 e. The molecule has 0 aliphatic heterocycles. The highest BCUT2D eigenvalue weighted by Gasteiger charge is 2.26. The average molecular weight is 263 g/mol. The molecular weight excluding hydrogens is 250 g/mol. The molecule has 0 aromatic carbocycles. The molecule has 0 atom stereocenters. The van der Waals surface area contributed by atoms with Crippen LogP contribution in [0, 0.1) is 6.92 Å². The molecule has 18 heavy (non-hydrogen) atoms. The van der Waals surface area contributed by atoms with Crippen molar-refractivity contribution < 1.29 is 9.53 Å². The Morgan fingerprint density at radius 1 is 1.56 bits per heavy atom. The van der Waals surface area contributed by atoms with E-state index < -0.39 is 5.97 Å². The summed E-state index contributed by atoms with van der Waals surface area (Å²) in [5.41, 5.74) is 1.50. The Morgan fingerprint density at radius 3 is 3.00 bits per heavy atom. The molecule has 2 aromatic heterocycles. The highest BCUT2D eigenvalue weighted by atomic mass is 32.1. The second-order valence-electron chi connectivity index (χ2n) is 4.37. The summed E-state index contributed by atoms with van der Waals surface area (Å²) in [4.78, 5) is 21.0. The Morgan fingerprint density at radius 2 is 2.33 bits per heavy atom. The zero-order valence-corrected chi connectivity index (χ0v) is 11.0. The fraction of sp³-hybridized carbons (Fsp3) is 0.417. The van der Waals surface area contributed by atoms with Crippen LogP contribution < -0.4 is 0 Å². The number of ether oxygens (including phenoxy) is 1. The van der Waals surface area contributed by atoms with E-state index in [2.05, 4.69) is 9.97 Å². The number of methoxy groups -OCH3 is 1. The van der Waals surface area contributed by atoms with E-state index in [9.17, 15) is 4.79 Å². The SMILES string of the molecule is COC(=O)c1nc(-n2cnc(C3CC3)c2)sc1C. The molecule has 0 saturated heterocycles. The molecule has 0 spiro atoms. The van der Waals surface area contributed by atoms with Gasteiger partial charge >= 0.3 is 5.97 Å². The van der Waals surface area contributed by atoms with E-state index in [4.69, 9.17) is 4.74 Å². The first-order chi connectivity index (χ1) is 8.69. The summed E-state index contributed by atoms with van der Waals surface area (Å²) in [6.07, 6.45) is 6.20. The molecule has 1 fully saturated rings. The zero-order valence-electron chi connectivity index (χ0n) is 10.2. The highest BCUT2D eigenvalue weighted by molar-refractivity contribution is 7.14. The Labute approximate surface area is 108 Å². The van der Waals surface area contributed by atoms with E-state index in [0.29, 0.717) is 11.6 Å². The van der Waals surface area contributed by atoms with Crippen molar-refractivity contribution in [3.8, 4) is 5.13 Å². The zero-order chi connectivity index (χ0) is 12.7. The third-order valence-corrected chi connectivity index (χ3v) is 3.97. The molecule has 0 N–H and O–H groups in total. The first-order valence-corrected chi connectivity index (χ1v) is 6.60. The van der Waals surface area contributed by atoms with Crippen molar-refractivity contribution in [1.29, 1.82) is 0 Å². The van der Waals surface area contributed by atoms with Gasteiger partial charge in [-0.05, 0) is 19.8 Å². The number of aromatic nitrogens is 3. The van der Waals surface area contributed by atoms with Gasteiger partial charge in [-0.2, -0.15) is 0 Å². The topological polar surface area (TPSA) is 57.0 Å². The maximum atomic E-state index is 11.5. The van der Waals surface area contributed by atoms with E-state index >= 15 is 0 Å². The van der Waals surface area contributed by atoms with Crippen molar-refractivity contribution in [3.05, 3.63) is 28.8 Å². The molecule has 94 valence electrons. The van der Waals surface area contributed by atoms with Gasteiger partial charge in [-0.25, -0.2) is 14.8 Å². The van der Waals surface area contributed by atoms with Crippen LogP contribution in [0.2, 0.25) is 0 Å². The van der Waals surface area contributed by atoms with Crippen LogP contribution in [0.5, 0.6) is 0 Å². The van der Waals surface area contributed by atoms with E-state index in [1.165, 1.54) is 31.3 Å². The fourth-order valence-corrected chi connectivity index (χ4v) is 2.65. The molecule has 1 aliphatic rings. The molecule has 0 unspecified atom stereocenters. The molecule has 1 saturated carbocycles. The molecule has 2 aromatic rings. The Bertz CT molecular complexity index is 598. The maximum absolute atomic E-state index is 11.5. The fourth-order valence-electron chi connectivity index (χ4n) is 1.81. The number of nitrogens with zero attached hydrogens (tertiary/aromatic N) is 3. The number of hydrogen-bond donors (Lipinski definition) is 0. The lowest BCUT2D eigenvalue weighted by Crippen LogP contribution is -2.03. The van der Waals surface area contributed by atoms with Gasteiger partial charge in [0.2, 0.25) is 0 Å². The van der Waals surface area contributed by atoms with Crippen molar-refractivity contribution in [1.82, 2.24) is 14.5 Å². The first-order valence-electron chi connectivity index (χ1n) is 5.79. The molecule has 0 bridgehead atoms. The third-order valence-electron chi connectivity index (χ3n) is 2.98. The number of aryl methyl sites for hydroxylation is 1. The standard InChI is InChI=1S/C12H13N3O2S/c1-7-10(11(16)17-2)14-12(18-7)15-5-9(13-6-15)8-3-4-8/h5-6,8H,3-4H2,1-2H3. The number of carbonyl (C=O) groups is 1. The van der Waals surface area contributed by atoms with Crippen molar-refractivity contribution >= 4 is 17.3 Å². The minimum absolute atomic E-state index is 0.388. The lowest BCUT2D eigenvalue weighted by molar-refractivity contribution is 0.0594. The molecule has 2 heterocycles. The number of carbonyl (C=O) groups excluding carboxylic acids is 1. The number of imidazole rings is 1. The monoisotopic (exact) mass is 263 g/mol. The van der Waals surface area contributed by atoms with E-state index in [-0.39, 0.29) is 0 Å². The normalized spacial score (nSPS) is 14.8. The molecule has 6 heteroatoms. The molecule has 0 radical (unpaired) electrons. The van der Waals surface area contributed by atoms with E-state index in [1.807, 2.05) is 17.7 Å². The lowest BCUT2D eigenvalue weighted by Gasteiger charge is -1.94.